The molecule has 0 aliphatic heterocycles. The second kappa shape index (κ2) is 6.24. The van der Waals surface area contributed by atoms with Gasteiger partial charge in [-0.3, -0.25) is 0 Å². The van der Waals surface area contributed by atoms with E-state index in [2.05, 4.69) is 11.2 Å². The molecule has 0 saturated heterocycles. The Balaban J connectivity index is 0. The summed E-state index contributed by atoms with van der Waals surface area (Å²) in [4.78, 5) is 0. The van der Waals surface area contributed by atoms with E-state index in [4.69, 9.17) is 10.0 Å². The van der Waals surface area contributed by atoms with Crippen LogP contribution < -0.4 is 34.2 Å². The van der Waals surface area contributed by atoms with Crippen LogP contribution in [0.1, 0.15) is 6.99 Å². The molecule has 0 fully saturated rings. The van der Waals surface area contributed by atoms with Crippen LogP contribution in [0.4, 0.5) is 0 Å². The molecule has 1 rings (SSSR count). The Bertz CT molecular complexity index is 283. The number of hydrogen-bond donors (Lipinski definition) is 2. The first kappa shape index (κ1) is 12.7. The summed E-state index contributed by atoms with van der Waals surface area (Å²) in [6.45, 7) is 3.57. The molecule has 2 N–H and O–H groups in total. The summed E-state index contributed by atoms with van der Waals surface area (Å²) < 4.78 is 4.62. The average Bonchev–Trinajstić information content (AvgIpc) is 2.03. The zero-order chi connectivity index (χ0) is 8.97. The van der Waals surface area contributed by atoms with E-state index < -0.39 is 7.32 Å². The van der Waals surface area contributed by atoms with Crippen LogP contribution in [-0.4, -0.2) is 17.4 Å². The predicted molar refractivity (Wildman–Crippen MR) is 48.5 cm³/mol. The molecule has 0 bridgehead atoms. The molecule has 0 saturated carbocycles. The van der Waals surface area contributed by atoms with E-state index >= 15 is 0 Å². The topological polar surface area (TPSA) is 49.7 Å². The third kappa shape index (κ3) is 4.50. The number of rotatable bonds is 3. The molecule has 1 aromatic carbocycles. The van der Waals surface area contributed by atoms with Crippen LogP contribution in [0.25, 0.3) is 6.08 Å². The SMILES string of the molecule is C=Cc1cccc(OB(O)O)c1.[H-].[Na+]. The van der Waals surface area contributed by atoms with Crippen molar-refractivity contribution in [2.75, 3.05) is 0 Å². The Kier molecular flexibility index (Phi) is 6.11. The molecule has 0 amide bonds. The minimum atomic E-state index is -1.77. The largest absolute Gasteiger partial charge is 1.00 e. The minimum absolute atomic E-state index is 0. The van der Waals surface area contributed by atoms with Crippen molar-refractivity contribution in [3.63, 3.8) is 0 Å². The van der Waals surface area contributed by atoms with Crippen molar-refractivity contribution < 1.29 is 45.7 Å². The minimum Gasteiger partial charge on any atom is -1.00 e. The fraction of sp³-hybridized carbons (Fsp3) is 0. The summed E-state index contributed by atoms with van der Waals surface area (Å²) in [6, 6.07) is 6.87. The Labute approximate surface area is 101 Å². The molecule has 0 radical (unpaired) electrons. The zero-order valence-corrected chi connectivity index (χ0v) is 9.47. The maximum absolute atomic E-state index is 8.48. The van der Waals surface area contributed by atoms with Crippen LogP contribution in [0.3, 0.4) is 0 Å². The van der Waals surface area contributed by atoms with Gasteiger partial charge in [-0.25, -0.2) is 0 Å². The molecule has 0 atom stereocenters. The number of hydrogen-bond acceptors (Lipinski definition) is 3. The molecule has 0 aliphatic carbocycles. The van der Waals surface area contributed by atoms with Gasteiger partial charge in [0.25, 0.3) is 0 Å². The summed E-state index contributed by atoms with van der Waals surface area (Å²) in [5.74, 6) is 0.405. The van der Waals surface area contributed by atoms with Crippen LogP contribution in [0, 0.1) is 0 Å². The van der Waals surface area contributed by atoms with Gasteiger partial charge < -0.3 is 16.1 Å². The van der Waals surface area contributed by atoms with Gasteiger partial charge in [0, 0.05) is 0 Å². The maximum Gasteiger partial charge on any atom is 1.00 e. The number of benzene rings is 1. The fourth-order valence-corrected chi connectivity index (χ4v) is 0.837. The first-order valence-corrected chi connectivity index (χ1v) is 3.47. The molecule has 13 heavy (non-hydrogen) atoms. The molecular formula is C8H10BNaO3. The van der Waals surface area contributed by atoms with Gasteiger partial charge in [-0.2, -0.15) is 0 Å². The van der Waals surface area contributed by atoms with E-state index in [1.54, 1.807) is 24.3 Å². The van der Waals surface area contributed by atoms with Crippen molar-refractivity contribution in [1.29, 1.82) is 0 Å². The normalized spacial score (nSPS) is 8.46. The summed E-state index contributed by atoms with van der Waals surface area (Å²) in [5.41, 5.74) is 0.869. The van der Waals surface area contributed by atoms with Gasteiger partial charge >= 0.3 is 36.9 Å². The van der Waals surface area contributed by atoms with Crippen molar-refractivity contribution >= 4 is 13.4 Å². The monoisotopic (exact) mass is 188 g/mol. The molecule has 0 aliphatic rings. The summed E-state index contributed by atoms with van der Waals surface area (Å²) in [6.07, 6.45) is 1.65. The summed E-state index contributed by atoms with van der Waals surface area (Å²) in [7, 11) is -1.77. The quantitative estimate of drug-likeness (QED) is 0.529. The van der Waals surface area contributed by atoms with E-state index in [0.717, 1.165) is 5.56 Å². The predicted octanol–water partition coefficient (Wildman–Crippen LogP) is -2.21. The van der Waals surface area contributed by atoms with Crippen molar-refractivity contribution in [1.82, 2.24) is 0 Å². The van der Waals surface area contributed by atoms with Gasteiger partial charge in [0.05, 0.1) is 0 Å². The first-order chi connectivity index (χ1) is 5.72. The molecule has 0 heterocycles. The third-order valence-corrected chi connectivity index (χ3v) is 1.34. The van der Waals surface area contributed by atoms with Gasteiger partial charge in [-0.15, -0.1) is 0 Å². The summed E-state index contributed by atoms with van der Waals surface area (Å²) in [5, 5.41) is 17.0. The van der Waals surface area contributed by atoms with Gasteiger partial charge in [-0.05, 0) is 17.7 Å². The van der Waals surface area contributed by atoms with E-state index in [9.17, 15) is 0 Å². The third-order valence-electron chi connectivity index (χ3n) is 1.34. The Hall–Kier alpha value is -0.255. The van der Waals surface area contributed by atoms with Crippen LogP contribution in [-0.2, 0) is 0 Å². The first-order valence-electron chi connectivity index (χ1n) is 3.47. The molecule has 0 unspecified atom stereocenters. The fourth-order valence-electron chi connectivity index (χ4n) is 0.837. The van der Waals surface area contributed by atoms with E-state index in [1.807, 2.05) is 6.07 Å². The molecule has 1 aromatic rings. The second-order valence-electron chi connectivity index (χ2n) is 2.22. The Morgan fingerprint density at radius 1 is 1.46 bits per heavy atom. The van der Waals surface area contributed by atoms with Crippen LogP contribution in [0.2, 0.25) is 0 Å². The van der Waals surface area contributed by atoms with Crippen LogP contribution in [0.5, 0.6) is 5.75 Å². The average molecular weight is 188 g/mol. The molecule has 0 aromatic heterocycles. The Morgan fingerprint density at radius 2 is 2.15 bits per heavy atom. The molecular weight excluding hydrogens is 178 g/mol. The maximum atomic E-state index is 8.48. The zero-order valence-electron chi connectivity index (χ0n) is 8.47. The van der Waals surface area contributed by atoms with Crippen molar-refractivity contribution in [2.45, 2.75) is 0 Å². The Morgan fingerprint density at radius 3 is 2.69 bits per heavy atom. The van der Waals surface area contributed by atoms with Gasteiger partial charge in [0.1, 0.15) is 5.75 Å². The van der Waals surface area contributed by atoms with E-state index in [0.29, 0.717) is 5.75 Å². The smallest absolute Gasteiger partial charge is 1.00 e. The molecule has 5 heteroatoms. The van der Waals surface area contributed by atoms with Crippen molar-refractivity contribution in [2.24, 2.45) is 0 Å². The molecule has 3 nitrogen and oxygen atoms in total. The van der Waals surface area contributed by atoms with E-state index in [-0.39, 0.29) is 31.0 Å². The molecule has 64 valence electrons. The van der Waals surface area contributed by atoms with Crippen molar-refractivity contribution in [3.8, 4) is 5.75 Å². The van der Waals surface area contributed by atoms with Crippen molar-refractivity contribution in [3.05, 3.63) is 36.4 Å². The van der Waals surface area contributed by atoms with Gasteiger partial charge in [0.15, 0.2) is 0 Å². The van der Waals surface area contributed by atoms with Crippen LogP contribution >= 0.6 is 0 Å². The van der Waals surface area contributed by atoms with E-state index in [1.165, 1.54) is 0 Å². The second-order valence-corrected chi connectivity index (χ2v) is 2.22. The van der Waals surface area contributed by atoms with Gasteiger partial charge in [0.2, 0.25) is 0 Å². The summed E-state index contributed by atoms with van der Waals surface area (Å²) >= 11 is 0. The standard InChI is InChI=1S/C8H9BO3.Na.H/c1-2-7-4-3-5-8(6-7)12-9(10)11;;/h2-6,10-11H,1H2;;/q;+1;-1. The van der Waals surface area contributed by atoms with Gasteiger partial charge in [-0.1, -0.05) is 24.8 Å². The van der Waals surface area contributed by atoms with Crippen LogP contribution in [0.15, 0.2) is 30.8 Å². The molecule has 0 spiro atoms.